The molecular weight excluding hydrogens is 594 g/mol. The third-order valence-electron chi connectivity index (χ3n) is 10.5. The summed E-state index contributed by atoms with van der Waals surface area (Å²) in [6.07, 6.45) is 43.6. The highest BCUT2D eigenvalue weighted by atomic mass is 16.3. The molecule has 4 N–H and O–H groups in total. The van der Waals surface area contributed by atoms with Crippen molar-refractivity contribution < 1.29 is 20.1 Å². The molecule has 0 spiro atoms. The van der Waals surface area contributed by atoms with Crippen molar-refractivity contribution in [3.05, 3.63) is 0 Å². The summed E-state index contributed by atoms with van der Waals surface area (Å²) in [7, 11) is 0. The fourth-order valence-corrected chi connectivity index (χ4v) is 7.05. The van der Waals surface area contributed by atoms with Gasteiger partial charge in [-0.1, -0.05) is 226 Å². The molecule has 0 radical (unpaired) electrons. The zero-order chi connectivity index (χ0) is 35.2. The van der Waals surface area contributed by atoms with Gasteiger partial charge in [0.25, 0.3) is 0 Å². The number of aliphatic hydroxyl groups excluding tert-OH is 3. The predicted molar refractivity (Wildman–Crippen MR) is 209 cm³/mol. The van der Waals surface area contributed by atoms with Gasteiger partial charge in [0.05, 0.1) is 18.8 Å². The maximum Gasteiger partial charge on any atom is 0.220 e. The van der Waals surface area contributed by atoms with E-state index in [0.29, 0.717) is 12.8 Å². The van der Waals surface area contributed by atoms with Crippen LogP contribution in [0.3, 0.4) is 0 Å². The number of hydrogen-bond donors (Lipinski definition) is 4. The first-order chi connectivity index (χ1) is 23.6. The molecule has 0 heterocycles. The number of nitrogens with one attached hydrogen (secondary N) is 1. The van der Waals surface area contributed by atoms with Crippen molar-refractivity contribution in [2.75, 3.05) is 6.61 Å². The first-order valence-electron chi connectivity index (χ1n) is 21.8. The molecule has 0 saturated carbocycles. The number of amides is 1. The summed E-state index contributed by atoms with van der Waals surface area (Å²) in [6.45, 7) is 4.18. The Balaban J connectivity index is 3.53. The van der Waals surface area contributed by atoms with Crippen molar-refractivity contribution in [2.24, 2.45) is 0 Å². The Morgan fingerprint density at radius 3 is 1.00 bits per heavy atom. The quantitative estimate of drug-likeness (QED) is 0.0485. The molecule has 0 unspecified atom stereocenters. The van der Waals surface area contributed by atoms with Crippen LogP contribution < -0.4 is 5.32 Å². The van der Waals surface area contributed by atoms with Crippen LogP contribution in [-0.2, 0) is 4.79 Å². The minimum Gasteiger partial charge on any atom is -0.394 e. The zero-order valence-corrected chi connectivity index (χ0v) is 32.6. The molecule has 0 fully saturated rings. The van der Waals surface area contributed by atoms with Gasteiger partial charge in [0, 0.05) is 6.42 Å². The van der Waals surface area contributed by atoms with Gasteiger partial charge in [-0.25, -0.2) is 0 Å². The van der Waals surface area contributed by atoms with Crippen molar-refractivity contribution in [1.82, 2.24) is 5.32 Å². The van der Waals surface area contributed by atoms with E-state index in [0.717, 1.165) is 38.5 Å². The number of hydrogen-bond acceptors (Lipinski definition) is 4. The Hall–Kier alpha value is -0.650. The summed E-state index contributed by atoms with van der Waals surface area (Å²) < 4.78 is 0. The summed E-state index contributed by atoms with van der Waals surface area (Å²) >= 11 is 0. The first kappa shape index (κ1) is 47.4. The summed E-state index contributed by atoms with van der Waals surface area (Å²) in [4.78, 5) is 12.4. The van der Waals surface area contributed by atoms with Crippen molar-refractivity contribution in [3.8, 4) is 0 Å². The normalized spacial score (nSPS) is 13.5. The summed E-state index contributed by atoms with van der Waals surface area (Å²) in [5.74, 6) is -0.140. The predicted octanol–water partition coefficient (Wildman–Crippen LogP) is 12.3. The lowest BCUT2D eigenvalue weighted by atomic mass is 9.99. The Kier molecular flexibility index (Phi) is 38.6. The molecular formula is C43H87NO4. The Labute approximate surface area is 300 Å². The highest BCUT2D eigenvalue weighted by Crippen LogP contribution is 2.17. The van der Waals surface area contributed by atoms with E-state index in [-0.39, 0.29) is 12.5 Å². The lowest BCUT2D eigenvalue weighted by molar-refractivity contribution is -0.124. The largest absolute Gasteiger partial charge is 0.394 e. The number of carbonyl (C=O) groups is 1. The van der Waals surface area contributed by atoms with Gasteiger partial charge in [-0.15, -0.1) is 0 Å². The van der Waals surface area contributed by atoms with Crippen LogP contribution >= 0.6 is 0 Å². The highest BCUT2D eigenvalue weighted by Gasteiger charge is 2.26. The van der Waals surface area contributed by atoms with Gasteiger partial charge in [0.1, 0.15) is 6.10 Å². The Morgan fingerprint density at radius 2 is 0.708 bits per heavy atom. The average molecular weight is 682 g/mol. The molecule has 5 nitrogen and oxygen atoms in total. The van der Waals surface area contributed by atoms with Gasteiger partial charge in [-0.05, 0) is 12.8 Å². The molecule has 0 aliphatic carbocycles. The summed E-state index contributed by atoms with van der Waals surface area (Å²) in [5, 5.41) is 33.4. The second-order valence-electron chi connectivity index (χ2n) is 15.3. The number of aliphatic hydroxyl groups is 3. The van der Waals surface area contributed by atoms with Gasteiger partial charge in [-0.3, -0.25) is 4.79 Å². The van der Waals surface area contributed by atoms with Gasteiger partial charge >= 0.3 is 0 Å². The second kappa shape index (κ2) is 39.1. The van der Waals surface area contributed by atoms with E-state index in [1.807, 2.05) is 0 Å². The summed E-state index contributed by atoms with van der Waals surface area (Å²) in [5.41, 5.74) is 0. The van der Waals surface area contributed by atoms with E-state index in [4.69, 9.17) is 0 Å². The van der Waals surface area contributed by atoms with Gasteiger partial charge in [0.15, 0.2) is 0 Å². The van der Waals surface area contributed by atoms with Crippen molar-refractivity contribution in [3.63, 3.8) is 0 Å². The monoisotopic (exact) mass is 682 g/mol. The number of unbranched alkanes of at least 4 members (excludes halogenated alkanes) is 32. The van der Waals surface area contributed by atoms with E-state index in [1.165, 1.54) is 180 Å². The molecule has 0 aromatic rings. The molecule has 0 rings (SSSR count). The lowest BCUT2D eigenvalue weighted by Crippen LogP contribution is -2.50. The zero-order valence-electron chi connectivity index (χ0n) is 32.6. The van der Waals surface area contributed by atoms with Crippen molar-refractivity contribution in [1.29, 1.82) is 0 Å². The molecule has 288 valence electrons. The number of rotatable bonds is 40. The fourth-order valence-electron chi connectivity index (χ4n) is 7.05. The SMILES string of the molecule is CCCCCCCCCCCCCCCCCCCCCCCCCC(=O)N[C@@H](CO)[C@H](O)[C@H](O)CCCCCCCCCCCCC. The van der Waals surface area contributed by atoms with E-state index in [1.54, 1.807) is 0 Å². The standard InChI is InChI=1S/C43H87NO4/c1-3-5-7-9-11-13-15-16-17-18-19-20-21-22-23-24-25-26-28-30-32-34-36-38-42(47)44-40(39-45)43(48)41(46)37-35-33-31-29-27-14-12-10-8-6-4-2/h40-41,43,45-46,48H,3-39H2,1-2H3,(H,44,47)/t40-,41+,43-/m0/s1. The molecule has 0 aliphatic heterocycles. The Bertz CT molecular complexity index is 630. The molecule has 3 atom stereocenters. The summed E-state index contributed by atoms with van der Waals surface area (Å²) in [6, 6.07) is -0.801. The fraction of sp³-hybridized carbons (Fsp3) is 0.977. The maximum absolute atomic E-state index is 12.4. The van der Waals surface area contributed by atoms with E-state index >= 15 is 0 Å². The minimum atomic E-state index is -1.13. The number of carbonyl (C=O) groups excluding carboxylic acids is 1. The van der Waals surface area contributed by atoms with E-state index in [2.05, 4.69) is 19.2 Å². The molecule has 0 bridgehead atoms. The van der Waals surface area contributed by atoms with Gasteiger partial charge < -0.3 is 20.6 Å². The van der Waals surface area contributed by atoms with E-state index < -0.39 is 18.2 Å². The van der Waals surface area contributed by atoms with Crippen LogP contribution in [0.4, 0.5) is 0 Å². The topological polar surface area (TPSA) is 89.8 Å². The van der Waals surface area contributed by atoms with Crippen LogP contribution in [0, 0.1) is 0 Å². The van der Waals surface area contributed by atoms with Crippen LogP contribution in [-0.4, -0.2) is 46.1 Å². The molecule has 0 aromatic carbocycles. The molecule has 5 heteroatoms. The molecule has 0 saturated heterocycles. The molecule has 0 aromatic heterocycles. The molecule has 1 amide bonds. The van der Waals surface area contributed by atoms with Gasteiger partial charge in [0.2, 0.25) is 5.91 Å². The highest BCUT2D eigenvalue weighted by molar-refractivity contribution is 5.76. The van der Waals surface area contributed by atoms with Gasteiger partial charge in [-0.2, -0.15) is 0 Å². The maximum atomic E-state index is 12.4. The third kappa shape index (κ3) is 33.8. The average Bonchev–Trinajstić information content (AvgIpc) is 3.09. The van der Waals surface area contributed by atoms with Crippen LogP contribution in [0.25, 0.3) is 0 Å². The Morgan fingerprint density at radius 1 is 0.438 bits per heavy atom. The minimum absolute atomic E-state index is 0.140. The van der Waals surface area contributed by atoms with Crippen LogP contribution in [0.5, 0.6) is 0 Å². The third-order valence-corrected chi connectivity index (χ3v) is 10.5. The second-order valence-corrected chi connectivity index (χ2v) is 15.3. The lowest BCUT2D eigenvalue weighted by Gasteiger charge is -2.26. The van der Waals surface area contributed by atoms with Crippen molar-refractivity contribution in [2.45, 2.75) is 263 Å². The van der Waals surface area contributed by atoms with Crippen LogP contribution in [0.2, 0.25) is 0 Å². The van der Waals surface area contributed by atoms with E-state index in [9.17, 15) is 20.1 Å². The van der Waals surface area contributed by atoms with Crippen molar-refractivity contribution >= 4 is 5.91 Å². The van der Waals surface area contributed by atoms with Crippen LogP contribution in [0.1, 0.15) is 245 Å². The molecule has 0 aliphatic rings. The molecule has 48 heavy (non-hydrogen) atoms. The van der Waals surface area contributed by atoms with Crippen LogP contribution in [0.15, 0.2) is 0 Å². The smallest absolute Gasteiger partial charge is 0.220 e. The first-order valence-corrected chi connectivity index (χ1v) is 21.8.